The lowest BCUT2D eigenvalue weighted by Gasteiger charge is -2.42. The van der Waals surface area contributed by atoms with Gasteiger partial charge in [-0.25, -0.2) is 14.2 Å². The first-order chi connectivity index (χ1) is 40.5. The van der Waals surface area contributed by atoms with Gasteiger partial charge in [0.1, 0.15) is 53.7 Å². The number of aryl methyl sites for hydroxylation is 2. The van der Waals surface area contributed by atoms with Gasteiger partial charge in [-0.1, -0.05) is 70.2 Å². The van der Waals surface area contributed by atoms with Crippen molar-refractivity contribution in [3.63, 3.8) is 0 Å². The predicted molar refractivity (Wildman–Crippen MR) is 325 cm³/mol. The van der Waals surface area contributed by atoms with Crippen LogP contribution in [0.5, 0.6) is 11.8 Å². The molecule has 6 aromatic rings. The van der Waals surface area contributed by atoms with Crippen molar-refractivity contribution in [3.8, 4) is 33.5 Å². The number of piperidine rings is 1. The summed E-state index contributed by atoms with van der Waals surface area (Å²) in [7, 11) is 0. The second-order valence-corrected chi connectivity index (χ2v) is 26.3. The lowest BCUT2D eigenvalue weighted by molar-refractivity contribution is -0.144. The van der Waals surface area contributed by atoms with Crippen LogP contribution in [0.1, 0.15) is 117 Å². The van der Waals surface area contributed by atoms with Crippen LogP contribution in [-0.4, -0.2) is 164 Å². The summed E-state index contributed by atoms with van der Waals surface area (Å²) < 4.78 is 35.4. The molecule has 0 radical (unpaired) electrons. The number of nitrogens with zero attached hydrogens (tertiary/aromatic N) is 8. The number of phenols is 1. The lowest BCUT2D eigenvalue weighted by Crippen LogP contribution is -2.58. The lowest BCUT2D eigenvalue weighted by atomic mass is 9.85. The number of aromatic nitrogens is 4. The van der Waals surface area contributed by atoms with Gasteiger partial charge >= 0.3 is 12.1 Å². The first kappa shape index (κ1) is 61.0. The number of pyridine rings is 1. The van der Waals surface area contributed by atoms with Crippen LogP contribution in [0.2, 0.25) is 0 Å². The van der Waals surface area contributed by atoms with E-state index in [-0.39, 0.29) is 79.3 Å². The van der Waals surface area contributed by atoms with Crippen LogP contribution in [0.15, 0.2) is 66.3 Å². The normalized spacial score (nSPS) is 20.2. The largest absolute Gasteiger partial charge is 0.508 e. The van der Waals surface area contributed by atoms with Crippen molar-refractivity contribution in [2.24, 2.45) is 11.3 Å². The zero-order valence-corrected chi connectivity index (χ0v) is 51.1. The van der Waals surface area contributed by atoms with Gasteiger partial charge in [0.2, 0.25) is 17.7 Å². The van der Waals surface area contributed by atoms with Crippen LogP contribution in [0, 0.1) is 24.1 Å². The number of anilines is 1. The Labute approximate surface area is 500 Å². The van der Waals surface area contributed by atoms with Crippen LogP contribution in [0.4, 0.5) is 15.0 Å². The maximum atomic E-state index is 17.3. The average molecular weight is 1190 g/mol. The van der Waals surface area contributed by atoms with E-state index in [0.717, 1.165) is 83.2 Å². The van der Waals surface area contributed by atoms with E-state index in [0.29, 0.717) is 55.3 Å². The molecule has 4 amide bonds. The highest BCUT2D eigenvalue weighted by Gasteiger charge is 2.47. The van der Waals surface area contributed by atoms with Crippen molar-refractivity contribution in [1.82, 2.24) is 45.3 Å². The van der Waals surface area contributed by atoms with Crippen LogP contribution in [0.25, 0.3) is 43.4 Å². The summed E-state index contributed by atoms with van der Waals surface area (Å²) in [4.78, 5) is 82.3. The molecule has 0 spiro atoms. The molecule has 2 unspecified atom stereocenters. The van der Waals surface area contributed by atoms with Crippen molar-refractivity contribution in [1.29, 1.82) is 0 Å². The first-order valence-corrected chi connectivity index (χ1v) is 30.8. The number of hydrogen-bond donors (Lipinski definition) is 4. The second kappa shape index (κ2) is 25.5. The Kier molecular flexibility index (Phi) is 18.3. The Morgan fingerprint density at radius 3 is 2.31 bits per heavy atom. The molecule has 4 fully saturated rings. The van der Waals surface area contributed by atoms with Gasteiger partial charge in [0, 0.05) is 51.0 Å². The van der Waals surface area contributed by atoms with Crippen molar-refractivity contribution >= 4 is 62.6 Å². The first-order valence-electron chi connectivity index (χ1n) is 29.9. The van der Waals surface area contributed by atoms with Crippen molar-refractivity contribution in [2.75, 3.05) is 64.0 Å². The number of likely N-dealkylation sites (tertiary alicyclic amines) is 2. The van der Waals surface area contributed by atoms with E-state index in [1.54, 1.807) is 29.7 Å². The van der Waals surface area contributed by atoms with Crippen molar-refractivity contribution in [2.45, 2.75) is 149 Å². The average Bonchev–Trinajstić information content (AvgIpc) is 2.09. The molecule has 4 saturated heterocycles. The highest BCUT2D eigenvalue weighted by Crippen LogP contribution is 2.41. The molecule has 19 nitrogen and oxygen atoms in total. The number of aromatic hydroxyl groups is 1. The summed E-state index contributed by atoms with van der Waals surface area (Å²) in [6.07, 6.45) is 5.28. The molecule has 21 heteroatoms. The van der Waals surface area contributed by atoms with E-state index >= 15 is 4.39 Å². The number of thiazole rings is 1. The van der Waals surface area contributed by atoms with Gasteiger partial charge in [0.15, 0.2) is 5.82 Å². The number of piperazine rings is 1. The topological polar surface area (TPSA) is 225 Å². The summed E-state index contributed by atoms with van der Waals surface area (Å²) in [6.45, 7) is 20.5. The Bertz CT molecular complexity index is 3400. The SMILES string of the molecule is CCc1cccc2cc(O)cc(-c3ncc4c(N5CC6CCC(C5)N6C(=O)OC(C)(C)C)nc(OCCN5CCC(CCOCC(=O)N[C@H](C(=O)N6C[C@H](O)C[C@H]6C(=O)N[C@@H](C)c6ccc(-c7scnc7C)cc6)C(C)(C)C)CC5)nc4c3F)c12. The number of benzene rings is 3. The molecule has 0 saturated carbocycles. The second-order valence-electron chi connectivity index (χ2n) is 25.4. The highest BCUT2D eigenvalue weighted by atomic mass is 32.1. The number of ether oxygens (including phenoxy) is 3. The number of nitrogens with one attached hydrogen (secondary N) is 2. The molecule has 10 rings (SSSR count). The summed E-state index contributed by atoms with van der Waals surface area (Å²) in [5.74, 6) is -1.08. The molecule has 6 atom stereocenters. The molecule has 85 heavy (non-hydrogen) atoms. The molecule has 0 aliphatic carbocycles. The molecule has 4 aliphatic rings. The number of rotatable bonds is 18. The zero-order chi connectivity index (χ0) is 60.5. The molecule has 3 aromatic heterocycles. The van der Waals surface area contributed by atoms with E-state index in [2.05, 4.69) is 25.4 Å². The molecular formula is C64H81FN10O9S. The highest BCUT2D eigenvalue weighted by molar-refractivity contribution is 7.13. The third-order valence-electron chi connectivity index (χ3n) is 17.0. The molecule has 7 heterocycles. The Hall–Kier alpha value is -7.07. The fourth-order valence-electron chi connectivity index (χ4n) is 12.6. The Morgan fingerprint density at radius 2 is 1.64 bits per heavy atom. The standard InChI is InChI=1S/C64H81FN10O9S/c1-10-40-12-11-13-43-28-46(76)29-48(52(40)43)54-53(65)55-49(31-66-54)58(73-32-44-18-19-45(33-73)75(44)62(81)84-64(7,8)9)71-61(70-55)83-27-25-72-23-20-39(21-24-72)22-26-82-35-51(78)69-57(63(4,5)6)60(80)74-34-47(77)30-50(74)59(79)68-37(2)41-14-16-42(17-15-41)56-38(3)67-36-85-56/h11-17,28-29,31,36-37,39,44-45,47,50,57,76-77H,10,18-27,30,32-35H2,1-9H3,(H,68,79)(H,69,78)/t37-,44?,45?,47+,50-,57+/m0/s1. The third-order valence-corrected chi connectivity index (χ3v) is 18.0. The number of phenolic OH excluding ortho intramolecular Hbond substituents is 1. The maximum absolute atomic E-state index is 17.3. The number of carbonyl (C=O) groups is 4. The van der Waals surface area contributed by atoms with E-state index in [1.807, 2.05) is 115 Å². The summed E-state index contributed by atoms with van der Waals surface area (Å²) in [5, 5.41) is 29.5. The number of aliphatic hydroxyl groups is 1. The van der Waals surface area contributed by atoms with Gasteiger partial charge in [-0.15, -0.1) is 11.3 Å². The number of aliphatic hydroxyl groups excluding tert-OH is 1. The summed E-state index contributed by atoms with van der Waals surface area (Å²) in [5.41, 5.74) is 4.90. The quantitative estimate of drug-likeness (QED) is 0.0589. The maximum Gasteiger partial charge on any atom is 0.410 e. The fraction of sp³-hybridized carbons (Fsp3) is 0.531. The molecule has 454 valence electrons. The minimum absolute atomic E-state index is 0.00586. The molecular weight excluding hydrogens is 1100 g/mol. The number of β-amino-alcohol motifs (C(OH)–C–C–N with tert-alkyl or cyclic N) is 1. The number of carbonyl (C=O) groups excluding carboxylic acids is 4. The van der Waals surface area contributed by atoms with Gasteiger partial charge in [0.05, 0.1) is 45.7 Å². The Morgan fingerprint density at radius 1 is 0.906 bits per heavy atom. The minimum Gasteiger partial charge on any atom is -0.508 e. The van der Waals surface area contributed by atoms with E-state index < -0.39 is 46.8 Å². The van der Waals surface area contributed by atoms with Gasteiger partial charge in [0.25, 0.3) is 0 Å². The van der Waals surface area contributed by atoms with Gasteiger partial charge in [-0.2, -0.15) is 9.97 Å². The van der Waals surface area contributed by atoms with E-state index in [1.165, 1.54) is 4.90 Å². The number of amides is 4. The van der Waals surface area contributed by atoms with Crippen LogP contribution < -0.4 is 20.3 Å². The number of hydrogen-bond acceptors (Lipinski definition) is 16. The number of halogens is 1. The molecule has 4 aliphatic heterocycles. The number of fused-ring (bicyclic) bond motifs is 4. The molecule has 2 bridgehead atoms. The van der Waals surface area contributed by atoms with Crippen LogP contribution in [0.3, 0.4) is 0 Å². The van der Waals surface area contributed by atoms with Crippen LogP contribution in [-0.2, 0) is 30.3 Å². The fourth-order valence-corrected chi connectivity index (χ4v) is 13.4. The van der Waals surface area contributed by atoms with Crippen molar-refractivity contribution < 1.29 is 48.0 Å². The van der Waals surface area contributed by atoms with Gasteiger partial charge in [-0.05, 0) is 137 Å². The predicted octanol–water partition coefficient (Wildman–Crippen LogP) is 9.14. The minimum atomic E-state index is -0.978. The smallest absolute Gasteiger partial charge is 0.410 e. The van der Waals surface area contributed by atoms with E-state index in [9.17, 15) is 29.4 Å². The van der Waals surface area contributed by atoms with Crippen LogP contribution >= 0.6 is 11.3 Å². The molecule has 4 N–H and O–H groups in total. The zero-order valence-electron chi connectivity index (χ0n) is 50.3. The Balaban J connectivity index is 0.728. The van der Waals surface area contributed by atoms with Gasteiger partial charge < -0.3 is 44.9 Å². The molecule has 3 aromatic carbocycles. The van der Waals surface area contributed by atoms with E-state index in [4.69, 9.17) is 29.2 Å². The summed E-state index contributed by atoms with van der Waals surface area (Å²) in [6, 6.07) is 14.5. The van der Waals surface area contributed by atoms with Crippen molar-refractivity contribution in [3.05, 3.63) is 88.9 Å². The third kappa shape index (κ3) is 13.8. The summed E-state index contributed by atoms with van der Waals surface area (Å²) >= 11 is 1.57. The monoisotopic (exact) mass is 1180 g/mol. The van der Waals surface area contributed by atoms with Gasteiger partial charge in [-0.3, -0.25) is 29.2 Å².